The maximum absolute atomic E-state index is 6.19. The van der Waals surface area contributed by atoms with E-state index in [-0.39, 0.29) is 0 Å². The third kappa shape index (κ3) is 2.29. The fourth-order valence-corrected chi connectivity index (χ4v) is 2.30. The number of halogens is 2. The first-order valence-electron chi connectivity index (χ1n) is 5.20. The SMILES string of the molecule is CNCc1oc2c(Cl)ccc(Cl)c2c1COC. The lowest BCUT2D eigenvalue weighted by atomic mass is 10.1. The van der Waals surface area contributed by atoms with Gasteiger partial charge >= 0.3 is 0 Å². The molecule has 92 valence electrons. The second-order valence-corrected chi connectivity index (χ2v) is 4.51. The zero-order chi connectivity index (χ0) is 12.4. The predicted octanol–water partition coefficient (Wildman–Crippen LogP) is 3.61. The molecular formula is C12H13Cl2NO2. The standard InChI is InChI=1S/C12H13Cl2NO2/c1-15-5-10-7(6-16-2)11-8(13)3-4-9(14)12(11)17-10/h3-4,15H,5-6H2,1-2H3. The summed E-state index contributed by atoms with van der Waals surface area (Å²) >= 11 is 12.3. The van der Waals surface area contributed by atoms with Crippen molar-refractivity contribution in [2.24, 2.45) is 0 Å². The van der Waals surface area contributed by atoms with E-state index < -0.39 is 0 Å². The Bertz CT molecular complexity index is 537. The van der Waals surface area contributed by atoms with E-state index in [0.717, 1.165) is 16.7 Å². The van der Waals surface area contributed by atoms with Crippen LogP contribution in [0.1, 0.15) is 11.3 Å². The molecule has 0 saturated carbocycles. The van der Waals surface area contributed by atoms with Crippen LogP contribution in [0.4, 0.5) is 0 Å². The summed E-state index contributed by atoms with van der Waals surface area (Å²) in [6.07, 6.45) is 0. The Labute approximate surface area is 110 Å². The summed E-state index contributed by atoms with van der Waals surface area (Å²) in [5.41, 5.74) is 1.57. The van der Waals surface area contributed by atoms with Crippen LogP contribution in [0, 0.1) is 0 Å². The van der Waals surface area contributed by atoms with E-state index in [9.17, 15) is 0 Å². The molecule has 0 aliphatic rings. The largest absolute Gasteiger partial charge is 0.458 e. The molecule has 0 saturated heterocycles. The summed E-state index contributed by atoms with van der Waals surface area (Å²) in [4.78, 5) is 0. The average molecular weight is 274 g/mol. The molecule has 0 unspecified atom stereocenters. The lowest BCUT2D eigenvalue weighted by Crippen LogP contribution is -2.06. The van der Waals surface area contributed by atoms with Crippen LogP contribution in [0.5, 0.6) is 0 Å². The van der Waals surface area contributed by atoms with Crippen LogP contribution in [0.2, 0.25) is 10.0 Å². The molecule has 17 heavy (non-hydrogen) atoms. The molecule has 0 aliphatic heterocycles. The summed E-state index contributed by atoms with van der Waals surface area (Å²) < 4.78 is 10.9. The summed E-state index contributed by atoms with van der Waals surface area (Å²) in [6.45, 7) is 1.06. The van der Waals surface area contributed by atoms with Crippen LogP contribution >= 0.6 is 23.2 Å². The number of hydrogen-bond acceptors (Lipinski definition) is 3. The molecular weight excluding hydrogens is 261 g/mol. The van der Waals surface area contributed by atoms with Crippen LogP contribution < -0.4 is 5.32 Å². The molecule has 2 aromatic rings. The van der Waals surface area contributed by atoms with Crippen LogP contribution in [-0.2, 0) is 17.9 Å². The van der Waals surface area contributed by atoms with Crippen molar-refractivity contribution >= 4 is 34.2 Å². The van der Waals surface area contributed by atoms with E-state index in [1.807, 2.05) is 7.05 Å². The van der Waals surface area contributed by atoms with Crippen molar-refractivity contribution in [1.29, 1.82) is 0 Å². The fraction of sp³-hybridized carbons (Fsp3) is 0.333. The van der Waals surface area contributed by atoms with Crippen molar-refractivity contribution < 1.29 is 9.15 Å². The lowest BCUT2D eigenvalue weighted by Gasteiger charge is -2.01. The first-order chi connectivity index (χ1) is 8.19. The van der Waals surface area contributed by atoms with E-state index in [1.54, 1.807) is 19.2 Å². The molecule has 0 bridgehead atoms. The van der Waals surface area contributed by atoms with Gasteiger partial charge in [0.1, 0.15) is 5.76 Å². The van der Waals surface area contributed by atoms with Gasteiger partial charge in [0, 0.05) is 18.1 Å². The zero-order valence-corrected chi connectivity index (χ0v) is 11.2. The van der Waals surface area contributed by atoms with Gasteiger partial charge in [0.15, 0.2) is 5.58 Å². The third-order valence-corrected chi connectivity index (χ3v) is 3.16. The molecule has 1 heterocycles. The highest BCUT2D eigenvalue weighted by molar-refractivity contribution is 6.40. The summed E-state index contributed by atoms with van der Waals surface area (Å²) in [5, 5.41) is 5.07. The quantitative estimate of drug-likeness (QED) is 0.924. The molecule has 2 rings (SSSR count). The second kappa shape index (κ2) is 5.27. The van der Waals surface area contributed by atoms with Gasteiger partial charge in [-0.2, -0.15) is 0 Å². The molecule has 0 fully saturated rings. The Morgan fingerprint density at radius 3 is 2.65 bits per heavy atom. The van der Waals surface area contributed by atoms with Gasteiger partial charge in [-0.1, -0.05) is 23.2 Å². The van der Waals surface area contributed by atoms with Crippen LogP contribution in [0.3, 0.4) is 0 Å². The summed E-state index contributed by atoms with van der Waals surface area (Å²) in [7, 11) is 3.49. The smallest absolute Gasteiger partial charge is 0.154 e. The van der Waals surface area contributed by atoms with Gasteiger partial charge in [-0.3, -0.25) is 0 Å². The van der Waals surface area contributed by atoms with Gasteiger partial charge in [-0.25, -0.2) is 0 Å². The normalized spacial score (nSPS) is 11.3. The van der Waals surface area contributed by atoms with E-state index in [0.29, 0.717) is 28.8 Å². The van der Waals surface area contributed by atoms with Crippen molar-refractivity contribution in [2.75, 3.05) is 14.2 Å². The number of hydrogen-bond donors (Lipinski definition) is 1. The molecule has 0 spiro atoms. The third-order valence-electron chi connectivity index (χ3n) is 2.55. The zero-order valence-electron chi connectivity index (χ0n) is 9.64. The van der Waals surface area contributed by atoms with E-state index in [2.05, 4.69) is 5.32 Å². The molecule has 1 aromatic carbocycles. The first-order valence-corrected chi connectivity index (χ1v) is 5.96. The van der Waals surface area contributed by atoms with Gasteiger partial charge < -0.3 is 14.5 Å². The maximum Gasteiger partial charge on any atom is 0.154 e. The topological polar surface area (TPSA) is 34.4 Å². The van der Waals surface area contributed by atoms with Crippen LogP contribution in [-0.4, -0.2) is 14.2 Å². The monoisotopic (exact) mass is 273 g/mol. The Balaban J connectivity index is 2.70. The number of furan rings is 1. The van der Waals surface area contributed by atoms with E-state index in [4.69, 9.17) is 32.4 Å². The van der Waals surface area contributed by atoms with Crippen LogP contribution in [0.25, 0.3) is 11.0 Å². The minimum Gasteiger partial charge on any atom is -0.458 e. The summed E-state index contributed by atoms with van der Waals surface area (Å²) in [5.74, 6) is 0.805. The van der Waals surface area contributed by atoms with Gasteiger partial charge in [-0.05, 0) is 19.2 Å². The number of benzene rings is 1. The van der Waals surface area contributed by atoms with Crippen molar-refractivity contribution in [3.05, 3.63) is 33.5 Å². The van der Waals surface area contributed by atoms with Crippen LogP contribution in [0.15, 0.2) is 16.5 Å². The molecule has 0 aliphatic carbocycles. The highest BCUT2D eigenvalue weighted by atomic mass is 35.5. The molecule has 1 N–H and O–H groups in total. The van der Waals surface area contributed by atoms with Gasteiger partial charge in [0.05, 0.1) is 23.2 Å². The Morgan fingerprint density at radius 2 is 2.00 bits per heavy atom. The Morgan fingerprint density at radius 1 is 1.29 bits per heavy atom. The minimum absolute atomic E-state index is 0.448. The Hall–Kier alpha value is -0.740. The number of fused-ring (bicyclic) bond motifs is 1. The van der Waals surface area contributed by atoms with Crippen molar-refractivity contribution in [2.45, 2.75) is 13.2 Å². The molecule has 0 amide bonds. The van der Waals surface area contributed by atoms with Gasteiger partial charge in [-0.15, -0.1) is 0 Å². The molecule has 3 nitrogen and oxygen atoms in total. The fourth-order valence-electron chi connectivity index (χ4n) is 1.84. The van der Waals surface area contributed by atoms with E-state index in [1.165, 1.54) is 0 Å². The predicted molar refractivity (Wildman–Crippen MR) is 69.7 cm³/mol. The highest BCUT2D eigenvalue weighted by Gasteiger charge is 2.18. The molecule has 0 radical (unpaired) electrons. The van der Waals surface area contributed by atoms with E-state index >= 15 is 0 Å². The number of nitrogens with one attached hydrogen (secondary N) is 1. The second-order valence-electron chi connectivity index (χ2n) is 3.70. The number of ether oxygens (including phenoxy) is 1. The van der Waals surface area contributed by atoms with Crippen molar-refractivity contribution in [1.82, 2.24) is 5.32 Å². The van der Waals surface area contributed by atoms with Crippen molar-refractivity contribution in [3.8, 4) is 0 Å². The Kier molecular flexibility index (Phi) is 3.94. The maximum atomic E-state index is 6.19. The molecule has 1 aromatic heterocycles. The minimum atomic E-state index is 0.448. The average Bonchev–Trinajstić information content (AvgIpc) is 2.66. The summed E-state index contributed by atoms with van der Waals surface area (Å²) in [6, 6.07) is 3.50. The highest BCUT2D eigenvalue weighted by Crippen LogP contribution is 2.36. The van der Waals surface area contributed by atoms with Crippen molar-refractivity contribution in [3.63, 3.8) is 0 Å². The lowest BCUT2D eigenvalue weighted by molar-refractivity contribution is 0.183. The first kappa shape index (κ1) is 12.7. The molecule has 0 atom stereocenters. The number of methoxy groups -OCH3 is 1. The van der Waals surface area contributed by atoms with Gasteiger partial charge in [0.2, 0.25) is 0 Å². The van der Waals surface area contributed by atoms with Gasteiger partial charge in [0.25, 0.3) is 0 Å². The number of rotatable bonds is 4. The molecule has 5 heteroatoms.